The molecule has 1 N–H and O–H groups in total. The number of carbonyl (C=O) groups is 2. The molecule has 2 aromatic rings. The Bertz CT molecular complexity index is 1120. The van der Waals surface area contributed by atoms with Gasteiger partial charge in [0.2, 0.25) is 15.9 Å². The second-order valence-corrected chi connectivity index (χ2v) is 10.3. The van der Waals surface area contributed by atoms with E-state index in [-0.39, 0.29) is 35.3 Å². The van der Waals surface area contributed by atoms with E-state index in [1.54, 1.807) is 24.1 Å². The van der Waals surface area contributed by atoms with Gasteiger partial charge >= 0.3 is 0 Å². The predicted molar refractivity (Wildman–Crippen MR) is 123 cm³/mol. The Morgan fingerprint density at radius 3 is 2.48 bits per heavy atom. The van der Waals surface area contributed by atoms with Crippen LogP contribution < -0.4 is 5.32 Å². The molecule has 2 aromatic carbocycles. The molecule has 2 aliphatic heterocycles. The highest BCUT2D eigenvalue weighted by Gasteiger charge is 2.46. The first-order valence-corrected chi connectivity index (χ1v) is 12.2. The van der Waals surface area contributed by atoms with E-state index in [9.17, 15) is 18.0 Å². The van der Waals surface area contributed by atoms with Crippen molar-refractivity contribution in [3.8, 4) is 0 Å². The lowest BCUT2D eigenvalue weighted by atomic mass is 10.1. The van der Waals surface area contributed by atoms with E-state index >= 15 is 0 Å². The van der Waals surface area contributed by atoms with E-state index in [2.05, 4.69) is 11.9 Å². The minimum Gasteiger partial charge on any atom is -0.354 e. The Balaban J connectivity index is 1.38. The van der Waals surface area contributed by atoms with Crippen LogP contribution in [-0.4, -0.2) is 61.9 Å². The molecule has 2 amide bonds. The maximum Gasteiger partial charge on any atom is 0.253 e. The SMILES string of the molecule is C=CC(=O)NC1CC2CN(S(=O)(=O)c3ccc(C(=O)N(C)Cc4ccccc4)cc3)CC2O1. The molecule has 0 bridgehead atoms. The summed E-state index contributed by atoms with van der Waals surface area (Å²) in [5, 5.41) is 2.70. The van der Waals surface area contributed by atoms with Crippen LogP contribution in [0.3, 0.4) is 0 Å². The highest BCUT2D eigenvalue weighted by molar-refractivity contribution is 7.89. The molecule has 3 atom stereocenters. The summed E-state index contributed by atoms with van der Waals surface area (Å²) in [5.41, 5.74) is 1.44. The zero-order chi connectivity index (χ0) is 23.6. The van der Waals surface area contributed by atoms with Gasteiger partial charge in [0.15, 0.2) is 0 Å². The van der Waals surface area contributed by atoms with Gasteiger partial charge in [0.1, 0.15) is 6.23 Å². The monoisotopic (exact) mass is 469 g/mol. The number of ether oxygens (including phenoxy) is 1. The lowest BCUT2D eigenvalue weighted by Gasteiger charge is -2.20. The Kier molecular flexibility index (Phi) is 6.64. The number of hydrogen-bond acceptors (Lipinski definition) is 5. The van der Waals surface area contributed by atoms with Crippen LogP contribution in [0.4, 0.5) is 0 Å². The Labute approximate surface area is 193 Å². The summed E-state index contributed by atoms with van der Waals surface area (Å²) >= 11 is 0. The largest absolute Gasteiger partial charge is 0.354 e. The molecular formula is C24H27N3O5S. The fourth-order valence-corrected chi connectivity index (χ4v) is 5.81. The molecule has 0 spiro atoms. The summed E-state index contributed by atoms with van der Waals surface area (Å²) < 4.78 is 33.5. The summed E-state index contributed by atoms with van der Waals surface area (Å²) in [4.78, 5) is 25.9. The number of carbonyl (C=O) groups excluding carboxylic acids is 2. The van der Waals surface area contributed by atoms with Crippen molar-refractivity contribution in [3.05, 3.63) is 78.4 Å². The van der Waals surface area contributed by atoms with Crippen LogP contribution in [0.2, 0.25) is 0 Å². The molecule has 9 heteroatoms. The van der Waals surface area contributed by atoms with Crippen molar-refractivity contribution < 1.29 is 22.7 Å². The molecule has 4 rings (SSSR count). The number of nitrogens with zero attached hydrogens (tertiary/aromatic N) is 2. The molecular weight excluding hydrogens is 442 g/mol. The summed E-state index contributed by atoms with van der Waals surface area (Å²) in [6.07, 6.45) is 1.05. The summed E-state index contributed by atoms with van der Waals surface area (Å²) in [7, 11) is -2.00. The minimum absolute atomic E-state index is 0.0161. The maximum atomic E-state index is 13.1. The molecule has 0 radical (unpaired) electrons. The number of rotatable bonds is 7. The van der Waals surface area contributed by atoms with Gasteiger partial charge in [-0.1, -0.05) is 36.9 Å². The van der Waals surface area contributed by atoms with Crippen molar-refractivity contribution in [2.24, 2.45) is 5.92 Å². The first-order chi connectivity index (χ1) is 15.8. The Hall–Kier alpha value is -3.01. The fourth-order valence-electron chi connectivity index (χ4n) is 4.30. The van der Waals surface area contributed by atoms with Gasteiger partial charge in [0, 0.05) is 38.2 Å². The van der Waals surface area contributed by atoms with Crippen molar-refractivity contribution in [1.29, 1.82) is 0 Å². The number of nitrogens with one attached hydrogen (secondary N) is 1. The van der Waals surface area contributed by atoms with Gasteiger partial charge in [-0.15, -0.1) is 0 Å². The predicted octanol–water partition coefficient (Wildman–Crippen LogP) is 2.00. The van der Waals surface area contributed by atoms with Gasteiger partial charge in [-0.25, -0.2) is 8.42 Å². The number of amides is 2. The molecule has 174 valence electrons. The summed E-state index contributed by atoms with van der Waals surface area (Å²) in [5.74, 6) is -0.476. The first kappa shape index (κ1) is 23.2. The van der Waals surface area contributed by atoms with Crippen molar-refractivity contribution in [3.63, 3.8) is 0 Å². The van der Waals surface area contributed by atoms with Gasteiger partial charge < -0.3 is 15.0 Å². The van der Waals surface area contributed by atoms with E-state index in [0.29, 0.717) is 25.1 Å². The third-order valence-electron chi connectivity index (χ3n) is 6.04. The number of fused-ring (bicyclic) bond motifs is 1. The van der Waals surface area contributed by atoms with Crippen LogP contribution in [0.15, 0.2) is 72.1 Å². The van der Waals surface area contributed by atoms with Crippen LogP contribution in [0.5, 0.6) is 0 Å². The average Bonchev–Trinajstić information content (AvgIpc) is 3.38. The number of sulfonamides is 1. The Morgan fingerprint density at radius 1 is 1.15 bits per heavy atom. The van der Waals surface area contributed by atoms with E-state index in [1.807, 2.05) is 30.3 Å². The minimum atomic E-state index is -3.71. The highest BCUT2D eigenvalue weighted by atomic mass is 32.2. The third kappa shape index (κ3) is 5.00. The van der Waals surface area contributed by atoms with Crippen molar-refractivity contribution >= 4 is 21.8 Å². The standard InChI is InChI=1S/C24H27N3O5S/c1-3-22(28)25-23-13-19-15-27(16-21(19)32-23)33(30,31)20-11-9-18(10-12-20)24(29)26(2)14-17-7-5-4-6-8-17/h3-12,19,21,23H,1,13-16H2,2H3,(H,25,28). The van der Waals surface area contributed by atoms with Crippen LogP contribution in [-0.2, 0) is 26.1 Å². The van der Waals surface area contributed by atoms with Gasteiger partial charge in [-0.3, -0.25) is 9.59 Å². The second-order valence-electron chi connectivity index (χ2n) is 8.36. The summed E-state index contributed by atoms with van der Waals surface area (Å²) in [6.45, 7) is 4.44. The van der Waals surface area contributed by atoms with Crippen molar-refractivity contribution in [1.82, 2.24) is 14.5 Å². The van der Waals surface area contributed by atoms with E-state index < -0.39 is 16.3 Å². The van der Waals surface area contributed by atoms with Gasteiger partial charge in [-0.2, -0.15) is 4.31 Å². The zero-order valence-electron chi connectivity index (χ0n) is 18.4. The van der Waals surface area contributed by atoms with Crippen molar-refractivity contribution in [2.75, 3.05) is 20.1 Å². The summed E-state index contributed by atoms with van der Waals surface area (Å²) in [6, 6.07) is 15.7. The Morgan fingerprint density at radius 2 is 1.85 bits per heavy atom. The van der Waals surface area contributed by atoms with Crippen LogP contribution in [0.1, 0.15) is 22.3 Å². The second kappa shape index (κ2) is 9.46. The fraction of sp³-hybridized carbons (Fsp3) is 0.333. The van der Waals surface area contributed by atoms with Gasteiger partial charge in [-0.05, 0) is 42.3 Å². The van der Waals surface area contributed by atoms with Crippen LogP contribution in [0.25, 0.3) is 0 Å². The molecule has 2 saturated heterocycles. The molecule has 3 unspecified atom stereocenters. The van der Waals surface area contributed by atoms with Gasteiger partial charge in [0.25, 0.3) is 5.91 Å². The average molecular weight is 470 g/mol. The quantitative estimate of drug-likeness (QED) is 0.626. The number of benzene rings is 2. The molecule has 2 heterocycles. The topological polar surface area (TPSA) is 96.0 Å². The van der Waals surface area contributed by atoms with E-state index in [4.69, 9.17) is 4.74 Å². The molecule has 0 aromatic heterocycles. The molecule has 33 heavy (non-hydrogen) atoms. The van der Waals surface area contributed by atoms with E-state index in [1.165, 1.54) is 22.5 Å². The lowest BCUT2D eigenvalue weighted by Crippen LogP contribution is -2.37. The maximum absolute atomic E-state index is 13.1. The van der Waals surface area contributed by atoms with E-state index in [0.717, 1.165) is 5.56 Å². The molecule has 2 aliphatic rings. The first-order valence-electron chi connectivity index (χ1n) is 10.8. The molecule has 0 saturated carbocycles. The number of hydrogen-bond donors (Lipinski definition) is 1. The smallest absolute Gasteiger partial charge is 0.253 e. The van der Waals surface area contributed by atoms with Crippen LogP contribution >= 0.6 is 0 Å². The highest BCUT2D eigenvalue weighted by Crippen LogP contribution is 2.35. The lowest BCUT2D eigenvalue weighted by molar-refractivity contribution is -0.120. The van der Waals surface area contributed by atoms with Crippen LogP contribution in [0, 0.1) is 5.92 Å². The van der Waals surface area contributed by atoms with Crippen molar-refractivity contribution in [2.45, 2.75) is 30.2 Å². The zero-order valence-corrected chi connectivity index (χ0v) is 19.2. The molecule has 0 aliphatic carbocycles. The molecule has 2 fully saturated rings. The third-order valence-corrected chi connectivity index (χ3v) is 7.89. The normalized spacial score (nSPS) is 22.5. The van der Waals surface area contributed by atoms with Gasteiger partial charge in [0.05, 0.1) is 11.0 Å². The molecule has 8 nitrogen and oxygen atoms in total.